The molecular formula is C29H21N3O5. The average Bonchev–Trinajstić information content (AvgIpc) is 3.43. The van der Waals surface area contributed by atoms with Gasteiger partial charge in [0, 0.05) is 41.4 Å². The van der Waals surface area contributed by atoms with E-state index in [1.54, 1.807) is 42.5 Å². The summed E-state index contributed by atoms with van der Waals surface area (Å²) in [6.07, 6.45) is 6.59. The van der Waals surface area contributed by atoms with Gasteiger partial charge >= 0.3 is 0 Å². The van der Waals surface area contributed by atoms with Crippen molar-refractivity contribution in [2.24, 2.45) is 0 Å². The van der Waals surface area contributed by atoms with Gasteiger partial charge in [0.1, 0.15) is 12.4 Å². The van der Waals surface area contributed by atoms with Gasteiger partial charge in [0.2, 0.25) is 0 Å². The Morgan fingerprint density at radius 1 is 0.649 bits per heavy atom. The van der Waals surface area contributed by atoms with Crippen molar-refractivity contribution in [3.8, 4) is 5.75 Å². The lowest BCUT2D eigenvalue weighted by Gasteiger charge is -2.28. The molecule has 0 aliphatic carbocycles. The number of hydrogen-bond donors (Lipinski definition) is 0. The molecule has 2 aliphatic heterocycles. The Hall–Kier alpha value is -5.24. The first-order chi connectivity index (χ1) is 18.0. The van der Waals surface area contributed by atoms with Crippen LogP contribution in [0.1, 0.15) is 0 Å². The van der Waals surface area contributed by atoms with Gasteiger partial charge in [-0.25, -0.2) is 9.80 Å². The maximum absolute atomic E-state index is 12.3. The Labute approximate surface area is 213 Å². The van der Waals surface area contributed by atoms with Gasteiger partial charge in [0.15, 0.2) is 0 Å². The molecule has 0 saturated carbocycles. The Balaban J connectivity index is 1.59. The topological polar surface area (TPSA) is 87.2 Å². The quantitative estimate of drug-likeness (QED) is 0.339. The monoisotopic (exact) mass is 491 g/mol. The largest absolute Gasteiger partial charge is 0.490 e. The first kappa shape index (κ1) is 23.5. The summed E-state index contributed by atoms with van der Waals surface area (Å²) in [6, 6.07) is 21.3. The van der Waals surface area contributed by atoms with Gasteiger partial charge in [-0.1, -0.05) is 24.8 Å². The van der Waals surface area contributed by atoms with Crippen LogP contribution in [0.4, 0.5) is 28.4 Å². The van der Waals surface area contributed by atoms with Crippen LogP contribution in [-0.4, -0.2) is 30.2 Å². The van der Waals surface area contributed by atoms with Crippen LogP contribution < -0.4 is 19.4 Å². The van der Waals surface area contributed by atoms with Gasteiger partial charge in [-0.3, -0.25) is 19.2 Å². The molecule has 8 heteroatoms. The number of carbonyl (C=O) groups is 4. The molecule has 8 nitrogen and oxygen atoms in total. The van der Waals surface area contributed by atoms with Gasteiger partial charge in [0.25, 0.3) is 23.6 Å². The minimum atomic E-state index is -0.419. The summed E-state index contributed by atoms with van der Waals surface area (Å²) >= 11 is 0. The molecule has 5 rings (SSSR count). The molecule has 0 atom stereocenters. The first-order valence-corrected chi connectivity index (χ1v) is 11.4. The first-order valence-electron chi connectivity index (χ1n) is 11.4. The van der Waals surface area contributed by atoms with E-state index in [1.807, 2.05) is 41.3 Å². The Morgan fingerprint density at radius 2 is 1.11 bits per heavy atom. The van der Waals surface area contributed by atoms with E-state index in [0.29, 0.717) is 35.1 Å². The number of ether oxygens (including phenoxy) is 1. The Morgan fingerprint density at radius 3 is 1.54 bits per heavy atom. The number of rotatable bonds is 8. The summed E-state index contributed by atoms with van der Waals surface area (Å²) in [4.78, 5) is 53.2. The highest BCUT2D eigenvalue weighted by molar-refractivity contribution is 6.29. The molecule has 0 spiro atoms. The number of nitrogens with zero attached hydrogens (tertiary/aromatic N) is 3. The van der Waals surface area contributed by atoms with E-state index in [4.69, 9.17) is 4.74 Å². The zero-order valence-corrected chi connectivity index (χ0v) is 19.6. The SMILES string of the molecule is C=CCOc1ccc(N(c2cccc(N3C(=O)C=CC3=O)c2)c2cccc(N3C(=O)C=CC3=O)c2)cc1. The molecule has 2 heterocycles. The number of carbonyl (C=O) groups excluding carboxylic acids is 4. The van der Waals surface area contributed by atoms with Gasteiger partial charge in [-0.2, -0.15) is 0 Å². The summed E-state index contributed by atoms with van der Waals surface area (Å²) in [5.74, 6) is -1.02. The zero-order valence-electron chi connectivity index (χ0n) is 19.6. The zero-order chi connectivity index (χ0) is 25.9. The van der Waals surface area contributed by atoms with E-state index in [0.717, 1.165) is 15.5 Å². The normalized spacial score (nSPS) is 14.6. The second kappa shape index (κ2) is 9.79. The second-order valence-corrected chi connectivity index (χ2v) is 8.16. The summed E-state index contributed by atoms with van der Waals surface area (Å²) in [5, 5.41) is 0. The second-order valence-electron chi connectivity index (χ2n) is 8.16. The van der Waals surface area contributed by atoms with E-state index in [-0.39, 0.29) is 0 Å². The van der Waals surface area contributed by atoms with Gasteiger partial charge in [0.05, 0.1) is 11.4 Å². The fourth-order valence-corrected chi connectivity index (χ4v) is 4.15. The highest BCUT2D eigenvalue weighted by atomic mass is 16.5. The summed E-state index contributed by atoms with van der Waals surface area (Å²) in [7, 11) is 0. The molecule has 0 fully saturated rings. The maximum Gasteiger partial charge on any atom is 0.258 e. The van der Waals surface area contributed by atoms with Crippen molar-refractivity contribution in [1.29, 1.82) is 0 Å². The van der Waals surface area contributed by atoms with E-state index < -0.39 is 23.6 Å². The predicted molar refractivity (Wildman–Crippen MR) is 140 cm³/mol. The molecule has 37 heavy (non-hydrogen) atoms. The molecular weight excluding hydrogens is 470 g/mol. The fraction of sp³-hybridized carbons (Fsp3) is 0.0345. The highest BCUT2D eigenvalue weighted by Gasteiger charge is 2.27. The molecule has 0 bridgehead atoms. The maximum atomic E-state index is 12.3. The van der Waals surface area contributed by atoms with Gasteiger partial charge in [-0.05, 0) is 60.7 Å². The summed E-state index contributed by atoms with van der Waals surface area (Å²) in [6.45, 7) is 4.02. The molecule has 4 amide bonds. The minimum Gasteiger partial charge on any atom is -0.490 e. The van der Waals surface area contributed by atoms with Crippen LogP contribution in [0.3, 0.4) is 0 Å². The van der Waals surface area contributed by atoms with Crippen molar-refractivity contribution in [2.75, 3.05) is 21.3 Å². The van der Waals surface area contributed by atoms with Crippen LogP contribution in [0.2, 0.25) is 0 Å². The molecule has 182 valence electrons. The third kappa shape index (κ3) is 4.55. The molecule has 3 aromatic rings. The van der Waals surface area contributed by atoms with Crippen LogP contribution >= 0.6 is 0 Å². The van der Waals surface area contributed by atoms with Crippen molar-refractivity contribution in [3.63, 3.8) is 0 Å². The number of benzene rings is 3. The van der Waals surface area contributed by atoms with Crippen molar-refractivity contribution in [1.82, 2.24) is 0 Å². The van der Waals surface area contributed by atoms with Crippen LogP contribution in [0.25, 0.3) is 0 Å². The van der Waals surface area contributed by atoms with E-state index >= 15 is 0 Å². The molecule has 0 radical (unpaired) electrons. The van der Waals surface area contributed by atoms with Crippen LogP contribution in [0.5, 0.6) is 5.75 Å². The molecule has 0 N–H and O–H groups in total. The molecule has 0 unspecified atom stereocenters. The third-order valence-electron chi connectivity index (χ3n) is 5.77. The fourth-order valence-electron chi connectivity index (χ4n) is 4.15. The minimum absolute atomic E-state index is 0.366. The molecule has 0 aromatic heterocycles. The molecule has 0 saturated heterocycles. The average molecular weight is 492 g/mol. The predicted octanol–water partition coefficient (Wildman–Crippen LogP) is 4.58. The van der Waals surface area contributed by atoms with Crippen molar-refractivity contribution in [3.05, 3.63) is 110 Å². The van der Waals surface area contributed by atoms with Gasteiger partial charge < -0.3 is 9.64 Å². The van der Waals surface area contributed by atoms with Crippen molar-refractivity contribution < 1.29 is 23.9 Å². The van der Waals surface area contributed by atoms with Crippen molar-refractivity contribution >= 4 is 52.1 Å². The van der Waals surface area contributed by atoms with E-state index in [2.05, 4.69) is 6.58 Å². The standard InChI is InChI=1S/C29H21N3O5/c1-2-17-37-25-11-9-20(10-12-25)30(21-5-3-7-23(18-21)31-26(33)13-14-27(31)34)22-6-4-8-24(19-22)32-28(35)15-16-29(32)36/h2-16,18-19H,1,17H2. The van der Waals surface area contributed by atoms with Crippen LogP contribution in [0, 0.1) is 0 Å². The Kier molecular flexibility index (Phi) is 6.22. The van der Waals surface area contributed by atoms with Crippen molar-refractivity contribution in [2.45, 2.75) is 0 Å². The number of anilines is 5. The third-order valence-corrected chi connectivity index (χ3v) is 5.77. The summed E-state index contributed by atoms with van der Waals surface area (Å²) in [5.41, 5.74) is 2.88. The lowest BCUT2D eigenvalue weighted by atomic mass is 10.1. The Bertz CT molecular complexity index is 1370. The van der Waals surface area contributed by atoms with Crippen LogP contribution in [0.15, 0.2) is 110 Å². The van der Waals surface area contributed by atoms with E-state index in [1.165, 1.54) is 24.3 Å². The number of hydrogen-bond acceptors (Lipinski definition) is 6. The smallest absolute Gasteiger partial charge is 0.258 e. The summed E-state index contributed by atoms with van der Waals surface area (Å²) < 4.78 is 5.61. The lowest BCUT2D eigenvalue weighted by Crippen LogP contribution is -2.30. The lowest BCUT2D eigenvalue weighted by molar-refractivity contribution is -0.121. The molecule has 3 aromatic carbocycles. The van der Waals surface area contributed by atoms with Gasteiger partial charge in [-0.15, -0.1) is 0 Å². The number of amides is 4. The van der Waals surface area contributed by atoms with Crippen LogP contribution in [-0.2, 0) is 19.2 Å². The number of imide groups is 2. The highest BCUT2D eigenvalue weighted by Crippen LogP contribution is 2.39. The molecule has 2 aliphatic rings. The van der Waals surface area contributed by atoms with E-state index in [9.17, 15) is 19.2 Å².